The van der Waals surface area contributed by atoms with Crippen molar-refractivity contribution >= 4 is 11.8 Å². The van der Waals surface area contributed by atoms with E-state index in [1.807, 2.05) is 19.1 Å². The number of thioether (sulfide) groups is 1. The molecule has 1 aromatic heterocycles. The first-order chi connectivity index (χ1) is 7.75. The van der Waals surface area contributed by atoms with Crippen LogP contribution in [0.1, 0.15) is 17.0 Å². The third-order valence-corrected chi connectivity index (χ3v) is 3.37. The number of nitrogens with zero attached hydrogens (tertiary/aromatic N) is 1. The number of rotatable bonds is 4. The third kappa shape index (κ3) is 4.06. The Bertz CT molecular complexity index is 456. The van der Waals surface area contributed by atoms with Crippen LogP contribution in [-0.4, -0.2) is 9.97 Å². The maximum Gasteiger partial charge on any atom is 0.123 e. The van der Waals surface area contributed by atoms with Crippen LogP contribution in [0.4, 0.5) is 4.39 Å². The van der Waals surface area contributed by atoms with Crippen molar-refractivity contribution in [1.29, 1.82) is 0 Å². The Kier molecular flexibility index (Phi) is 5.51. The van der Waals surface area contributed by atoms with Crippen molar-refractivity contribution in [2.45, 2.75) is 18.4 Å². The zero-order valence-corrected chi connectivity index (χ0v) is 11.0. The molecule has 0 saturated carbocycles. The summed E-state index contributed by atoms with van der Waals surface area (Å²) in [6.45, 7) is 2.01. The largest absolute Gasteiger partial charge is 1.00 e. The molecule has 0 bridgehead atoms. The van der Waals surface area contributed by atoms with Gasteiger partial charge >= 0.3 is 0 Å². The summed E-state index contributed by atoms with van der Waals surface area (Å²) in [7, 11) is 0. The van der Waals surface area contributed by atoms with Crippen LogP contribution >= 0.6 is 11.8 Å². The van der Waals surface area contributed by atoms with E-state index in [1.165, 1.54) is 12.1 Å². The average Bonchev–Trinajstić information content (AvgIpc) is 2.68. The van der Waals surface area contributed by atoms with Gasteiger partial charge in [-0.15, -0.1) is 0 Å². The molecule has 0 atom stereocenters. The van der Waals surface area contributed by atoms with Gasteiger partial charge in [-0.1, -0.05) is 12.1 Å². The van der Waals surface area contributed by atoms with Gasteiger partial charge in [0.05, 0.1) is 12.0 Å². The van der Waals surface area contributed by atoms with Crippen LogP contribution in [0.3, 0.4) is 0 Å². The lowest BCUT2D eigenvalue weighted by Crippen LogP contribution is -3.00. The first kappa shape index (κ1) is 14.1. The maximum atomic E-state index is 12.7. The van der Waals surface area contributed by atoms with Crippen molar-refractivity contribution < 1.29 is 16.8 Å². The molecule has 0 unspecified atom stereocenters. The second-order valence-corrected chi connectivity index (χ2v) is 4.58. The van der Waals surface area contributed by atoms with E-state index in [0.29, 0.717) is 0 Å². The molecule has 0 aliphatic rings. The quantitative estimate of drug-likeness (QED) is 0.866. The standard InChI is InChI=1S/C12H13FN2S.ClH/c1-9-12(15-8-14-9)7-16-6-10-2-4-11(13)5-3-10;/h2-5,8H,6-7H2,1H3,(H,14,15);1H/p-1. The zero-order valence-electron chi connectivity index (χ0n) is 9.41. The first-order valence-electron chi connectivity index (χ1n) is 5.07. The van der Waals surface area contributed by atoms with Gasteiger partial charge in [-0.2, -0.15) is 11.8 Å². The normalized spacial score (nSPS) is 10.0. The average molecular weight is 272 g/mol. The highest BCUT2D eigenvalue weighted by atomic mass is 35.5. The minimum Gasteiger partial charge on any atom is -1.00 e. The monoisotopic (exact) mass is 271 g/mol. The van der Waals surface area contributed by atoms with E-state index in [9.17, 15) is 4.39 Å². The van der Waals surface area contributed by atoms with Crippen LogP contribution in [0, 0.1) is 12.7 Å². The third-order valence-electron chi connectivity index (χ3n) is 2.36. The van der Waals surface area contributed by atoms with Crippen LogP contribution in [0.25, 0.3) is 0 Å². The number of imidazole rings is 1. The number of hydrogen-bond donors (Lipinski definition) is 1. The molecule has 2 rings (SSSR count). The van der Waals surface area contributed by atoms with Crippen molar-refractivity contribution in [2.24, 2.45) is 0 Å². The van der Waals surface area contributed by atoms with Crippen molar-refractivity contribution in [3.8, 4) is 0 Å². The van der Waals surface area contributed by atoms with Gasteiger partial charge in [0.1, 0.15) is 5.82 Å². The van der Waals surface area contributed by atoms with Gasteiger partial charge in [0.2, 0.25) is 0 Å². The Hall–Kier alpha value is -1.00. The minimum atomic E-state index is -0.183. The molecule has 0 saturated heterocycles. The molecule has 2 nitrogen and oxygen atoms in total. The van der Waals surface area contributed by atoms with Gasteiger partial charge in [-0.25, -0.2) is 9.37 Å². The number of halogens is 2. The van der Waals surface area contributed by atoms with Gasteiger partial charge in [-0.05, 0) is 24.6 Å². The highest BCUT2D eigenvalue weighted by Crippen LogP contribution is 2.18. The molecule has 17 heavy (non-hydrogen) atoms. The molecule has 0 spiro atoms. The van der Waals surface area contributed by atoms with Gasteiger partial charge in [0.15, 0.2) is 0 Å². The predicted octanol–water partition coefficient (Wildman–Crippen LogP) is 0.295. The Morgan fingerprint density at radius 3 is 2.53 bits per heavy atom. The number of H-pyrrole nitrogens is 1. The summed E-state index contributed by atoms with van der Waals surface area (Å²) < 4.78 is 12.7. The molecule has 0 aliphatic heterocycles. The van der Waals surface area contributed by atoms with Gasteiger partial charge in [-0.3, -0.25) is 0 Å². The van der Waals surface area contributed by atoms with Crippen LogP contribution in [0.2, 0.25) is 0 Å². The smallest absolute Gasteiger partial charge is 0.123 e. The SMILES string of the molecule is Cc1[nH]cnc1CSCc1ccc(F)cc1.[Cl-]. The molecular weight excluding hydrogens is 259 g/mol. The van der Waals surface area contributed by atoms with Crippen LogP contribution in [-0.2, 0) is 11.5 Å². The summed E-state index contributed by atoms with van der Waals surface area (Å²) in [5.41, 5.74) is 3.35. The highest BCUT2D eigenvalue weighted by molar-refractivity contribution is 7.97. The molecule has 5 heteroatoms. The summed E-state index contributed by atoms with van der Waals surface area (Å²) >= 11 is 1.78. The molecular formula is C12H13ClFN2S-. The minimum absolute atomic E-state index is 0. The lowest BCUT2D eigenvalue weighted by Gasteiger charge is -2.01. The molecule has 2 aromatic rings. The predicted molar refractivity (Wildman–Crippen MR) is 64.7 cm³/mol. The highest BCUT2D eigenvalue weighted by Gasteiger charge is 2.01. The molecule has 0 amide bonds. The van der Waals surface area contributed by atoms with Crippen LogP contribution < -0.4 is 12.4 Å². The number of aryl methyl sites for hydroxylation is 1. The number of aromatic amines is 1. The molecule has 92 valence electrons. The second-order valence-electron chi connectivity index (χ2n) is 3.59. The van der Waals surface area contributed by atoms with E-state index in [-0.39, 0.29) is 18.2 Å². The summed E-state index contributed by atoms with van der Waals surface area (Å²) in [6.07, 6.45) is 1.71. The van der Waals surface area contributed by atoms with E-state index in [4.69, 9.17) is 0 Å². The molecule has 1 aromatic carbocycles. The maximum absolute atomic E-state index is 12.7. The topological polar surface area (TPSA) is 28.7 Å². The Balaban J connectivity index is 0.00000144. The fourth-order valence-electron chi connectivity index (χ4n) is 1.38. The van der Waals surface area contributed by atoms with Crippen molar-refractivity contribution in [3.63, 3.8) is 0 Å². The van der Waals surface area contributed by atoms with E-state index < -0.39 is 0 Å². The number of aromatic nitrogens is 2. The van der Waals surface area contributed by atoms with Gasteiger partial charge in [0, 0.05) is 17.2 Å². The first-order valence-corrected chi connectivity index (χ1v) is 6.22. The van der Waals surface area contributed by atoms with Crippen molar-refractivity contribution in [3.05, 3.63) is 53.4 Å². The van der Waals surface area contributed by atoms with Gasteiger partial charge < -0.3 is 17.4 Å². The summed E-state index contributed by atoms with van der Waals surface area (Å²) in [4.78, 5) is 7.28. The Labute approximate surface area is 110 Å². The molecule has 0 aliphatic carbocycles. The Morgan fingerprint density at radius 1 is 1.24 bits per heavy atom. The van der Waals surface area contributed by atoms with E-state index in [2.05, 4.69) is 9.97 Å². The zero-order chi connectivity index (χ0) is 11.4. The fraction of sp³-hybridized carbons (Fsp3) is 0.250. The van der Waals surface area contributed by atoms with Crippen LogP contribution in [0.15, 0.2) is 30.6 Å². The lowest BCUT2D eigenvalue weighted by molar-refractivity contribution is -0.00000410. The van der Waals surface area contributed by atoms with E-state index in [1.54, 1.807) is 18.1 Å². The molecule has 1 heterocycles. The van der Waals surface area contributed by atoms with E-state index >= 15 is 0 Å². The summed E-state index contributed by atoms with van der Waals surface area (Å²) in [5, 5.41) is 0. The Morgan fingerprint density at radius 2 is 1.94 bits per heavy atom. The van der Waals surface area contributed by atoms with Gasteiger partial charge in [0.25, 0.3) is 0 Å². The van der Waals surface area contributed by atoms with E-state index in [0.717, 1.165) is 28.5 Å². The molecule has 0 radical (unpaired) electrons. The second kappa shape index (κ2) is 6.67. The molecule has 0 fully saturated rings. The fourth-order valence-corrected chi connectivity index (χ4v) is 2.39. The molecule has 1 N–H and O–H groups in total. The lowest BCUT2D eigenvalue weighted by atomic mass is 10.2. The number of hydrogen-bond acceptors (Lipinski definition) is 2. The number of nitrogens with one attached hydrogen (secondary N) is 1. The van der Waals surface area contributed by atoms with Crippen LogP contribution in [0.5, 0.6) is 0 Å². The van der Waals surface area contributed by atoms with Crippen molar-refractivity contribution in [1.82, 2.24) is 9.97 Å². The summed E-state index contributed by atoms with van der Waals surface area (Å²) in [5.74, 6) is 1.58. The van der Waals surface area contributed by atoms with Crippen molar-refractivity contribution in [2.75, 3.05) is 0 Å². The number of benzene rings is 1. The summed E-state index contributed by atoms with van der Waals surface area (Å²) in [6, 6.07) is 6.63.